The van der Waals surface area contributed by atoms with E-state index in [4.69, 9.17) is 4.74 Å². The van der Waals surface area contributed by atoms with Gasteiger partial charge >= 0.3 is 0 Å². The Morgan fingerprint density at radius 3 is 2.74 bits per heavy atom. The fraction of sp³-hybridized carbons (Fsp3) is 0.412. The van der Waals surface area contributed by atoms with Crippen LogP contribution < -0.4 is 5.32 Å². The van der Waals surface area contributed by atoms with E-state index in [-0.39, 0.29) is 5.60 Å². The summed E-state index contributed by atoms with van der Waals surface area (Å²) < 4.78 is 6.09. The lowest BCUT2D eigenvalue weighted by molar-refractivity contribution is -0.0803. The van der Waals surface area contributed by atoms with Crippen LogP contribution >= 0.6 is 0 Å². The third kappa shape index (κ3) is 2.38. The number of rotatable bonds is 2. The van der Waals surface area contributed by atoms with E-state index in [2.05, 4.69) is 54.7 Å². The molecule has 1 heterocycles. The monoisotopic (exact) mass is 255 g/mol. The summed E-state index contributed by atoms with van der Waals surface area (Å²) in [4.78, 5) is 0. The molecule has 0 saturated carbocycles. The van der Waals surface area contributed by atoms with Crippen LogP contribution in [0.4, 0.5) is 0 Å². The minimum atomic E-state index is -0.171. The summed E-state index contributed by atoms with van der Waals surface area (Å²) in [5, 5.41) is 5.96. The van der Waals surface area contributed by atoms with E-state index in [0.717, 1.165) is 19.4 Å². The minimum absolute atomic E-state index is 0.171. The number of hydrogen-bond acceptors (Lipinski definition) is 2. The zero-order chi connectivity index (χ0) is 13.3. The molecule has 0 bridgehead atoms. The third-order valence-electron chi connectivity index (χ3n) is 4.29. The molecule has 2 unspecified atom stereocenters. The average Bonchev–Trinajstić information content (AvgIpc) is 2.46. The maximum absolute atomic E-state index is 6.09. The molecule has 0 amide bonds. The van der Waals surface area contributed by atoms with Crippen molar-refractivity contribution in [2.75, 3.05) is 13.7 Å². The van der Waals surface area contributed by atoms with Crippen molar-refractivity contribution in [1.29, 1.82) is 0 Å². The molecule has 1 saturated heterocycles. The first-order valence-corrected chi connectivity index (χ1v) is 7.02. The van der Waals surface area contributed by atoms with E-state index in [1.807, 2.05) is 7.05 Å². The molecule has 2 atom stereocenters. The van der Waals surface area contributed by atoms with Gasteiger partial charge in [0, 0.05) is 12.6 Å². The largest absolute Gasteiger partial charge is 0.370 e. The molecule has 1 N–H and O–H groups in total. The van der Waals surface area contributed by atoms with Crippen molar-refractivity contribution in [2.24, 2.45) is 0 Å². The molecule has 2 aromatic carbocycles. The molecular formula is C17H21NO. The number of hydrogen-bond donors (Lipinski definition) is 1. The van der Waals surface area contributed by atoms with Gasteiger partial charge in [-0.25, -0.2) is 0 Å². The van der Waals surface area contributed by atoms with Crippen molar-refractivity contribution in [3.8, 4) is 0 Å². The highest BCUT2D eigenvalue weighted by Gasteiger charge is 2.34. The number of ether oxygens (including phenoxy) is 1. The van der Waals surface area contributed by atoms with Crippen LogP contribution in [0.2, 0.25) is 0 Å². The molecule has 0 aliphatic carbocycles. The van der Waals surface area contributed by atoms with E-state index in [1.165, 1.54) is 16.3 Å². The first kappa shape index (κ1) is 12.6. The number of nitrogens with one attached hydrogen (secondary N) is 1. The van der Waals surface area contributed by atoms with Crippen molar-refractivity contribution >= 4 is 10.8 Å². The van der Waals surface area contributed by atoms with Crippen molar-refractivity contribution < 1.29 is 4.74 Å². The first-order valence-electron chi connectivity index (χ1n) is 7.02. The van der Waals surface area contributed by atoms with E-state index < -0.39 is 0 Å². The van der Waals surface area contributed by atoms with E-state index >= 15 is 0 Å². The van der Waals surface area contributed by atoms with Crippen molar-refractivity contribution in [2.45, 2.75) is 31.4 Å². The topological polar surface area (TPSA) is 21.3 Å². The van der Waals surface area contributed by atoms with Crippen LogP contribution in [0, 0.1) is 0 Å². The standard InChI is InChI=1S/C17H21NO/c1-17(12-16(18-2)9-10-19-17)15-8-7-13-5-3-4-6-14(13)11-15/h3-8,11,16,18H,9-10,12H2,1-2H3. The Bertz CT molecular complexity index is 580. The Kier molecular flexibility index (Phi) is 3.29. The summed E-state index contributed by atoms with van der Waals surface area (Å²) in [6, 6.07) is 15.7. The fourth-order valence-corrected chi connectivity index (χ4v) is 3.02. The molecule has 100 valence electrons. The van der Waals surface area contributed by atoms with Crippen LogP contribution in [-0.4, -0.2) is 19.7 Å². The summed E-state index contributed by atoms with van der Waals surface area (Å²) in [5.41, 5.74) is 1.11. The van der Waals surface area contributed by atoms with Crippen LogP contribution in [0.3, 0.4) is 0 Å². The molecule has 19 heavy (non-hydrogen) atoms. The number of benzene rings is 2. The average molecular weight is 255 g/mol. The molecule has 1 aliphatic rings. The Hall–Kier alpha value is -1.38. The Morgan fingerprint density at radius 2 is 1.95 bits per heavy atom. The molecule has 2 aromatic rings. The molecule has 2 nitrogen and oxygen atoms in total. The maximum atomic E-state index is 6.09. The van der Waals surface area contributed by atoms with Crippen LogP contribution in [0.25, 0.3) is 10.8 Å². The summed E-state index contributed by atoms with van der Waals surface area (Å²) in [6.07, 6.45) is 2.13. The van der Waals surface area contributed by atoms with Gasteiger partial charge in [0.1, 0.15) is 0 Å². The van der Waals surface area contributed by atoms with Gasteiger partial charge in [0.05, 0.1) is 5.60 Å². The number of fused-ring (bicyclic) bond motifs is 1. The van der Waals surface area contributed by atoms with Crippen molar-refractivity contribution in [3.05, 3.63) is 48.0 Å². The normalized spacial score (nSPS) is 27.6. The molecule has 2 heteroatoms. The lowest BCUT2D eigenvalue weighted by Gasteiger charge is -2.38. The van der Waals surface area contributed by atoms with Crippen LogP contribution in [-0.2, 0) is 10.3 Å². The molecule has 1 fully saturated rings. The molecule has 1 aliphatic heterocycles. The van der Waals surface area contributed by atoms with Gasteiger partial charge in [-0.15, -0.1) is 0 Å². The van der Waals surface area contributed by atoms with E-state index in [9.17, 15) is 0 Å². The highest BCUT2D eigenvalue weighted by molar-refractivity contribution is 5.83. The Morgan fingerprint density at radius 1 is 1.16 bits per heavy atom. The summed E-state index contributed by atoms with van der Waals surface area (Å²) in [5.74, 6) is 0. The van der Waals surface area contributed by atoms with Crippen LogP contribution in [0.1, 0.15) is 25.3 Å². The predicted molar refractivity (Wildman–Crippen MR) is 79.3 cm³/mol. The zero-order valence-corrected chi connectivity index (χ0v) is 11.6. The second-order valence-corrected chi connectivity index (χ2v) is 5.62. The Balaban J connectivity index is 1.98. The van der Waals surface area contributed by atoms with Gasteiger partial charge in [-0.2, -0.15) is 0 Å². The molecular weight excluding hydrogens is 234 g/mol. The zero-order valence-electron chi connectivity index (χ0n) is 11.6. The van der Waals surface area contributed by atoms with Gasteiger partial charge in [0.15, 0.2) is 0 Å². The van der Waals surface area contributed by atoms with Crippen molar-refractivity contribution in [3.63, 3.8) is 0 Å². The van der Waals surface area contributed by atoms with Gasteiger partial charge in [0.2, 0.25) is 0 Å². The fourth-order valence-electron chi connectivity index (χ4n) is 3.02. The third-order valence-corrected chi connectivity index (χ3v) is 4.29. The molecule has 0 radical (unpaired) electrons. The summed E-state index contributed by atoms with van der Waals surface area (Å²) in [7, 11) is 2.04. The maximum Gasteiger partial charge on any atom is 0.0918 e. The lowest BCUT2D eigenvalue weighted by Crippen LogP contribution is -2.42. The minimum Gasteiger partial charge on any atom is -0.370 e. The highest BCUT2D eigenvalue weighted by atomic mass is 16.5. The van der Waals surface area contributed by atoms with Gasteiger partial charge in [-0.05, 0) is 49.2 Å². The first-order chi connectivity index (χ1) is 9.21. The molecule has 3 rings (SSSR count). The molecule has 0 aromatic heterocycles. The SMILES string of the molecule is CNC1CCOC(C)(c2ccc3ccccc3c2)C1. The Labute approximate surface area is 114 Å². The smallest absolute Gasteiger partial charge is 0.0918 e. The van der Waals surface area contributed by atoms with Gasteiger partial charge in [0.25, 0.3) is 0 Å². The summed E-state index contributed by atoms with van der Waals surface area (Å²) in [6.45, 7) is 3.04. The van der Waals surface area contributed by atoms with Crippen LogP contribution in [0.5, 0.6) is 0 Å². The second-order valence-electron chi connectivity index (χ2n) is 5.62. The molecule has 0 spiro atoms. The lowest BCUT2D eigenvalue weighted by atomic mass is 9.85. The summed E-state index contributed by atoms with van der Waals surface area (Å²) >= 11 is 0. The predicted octanol–water partition coefficient (Wildman–Crippen LogP) is 3.45. The van der Waals surface area contributed by atoms with Gasteiger partial charge < -0.3 is 10.1 Å². The van der Waals surface area contributed by atoms with E-state index in [1.54, 1.807) is 0 Å². The van der Waals surface area contributed by atoms with Gasteiger partial charge in [-0.3, -0.25) is 0 Å². The van der Waals surface area contributed by atoms with E-state index in [0.29, 0.717) is 6.04 Å². The van der Waals surface area contributed by atoms with Crippen LogP contribution in [0.15, 0.2) is 42.5 Å². The second kappa shape index (κ2) is 4.95. The highest BCUT2D eigenvalue weighted by Crippen LogP contribution is 2.36. The van der Waals surface area contributed by atoms with Gasteiger partial charge in [-0.1, -0.05) is 36.4 Å². The quantitative estimate of drug-likeness (QED) is 0.887. The van der Waals surface area contributed by atoms with Crippen molar-refractivity contribution in [1.82, 2.24) is 5.32 Å².